The maximum absolute atomic E-state index is 12.7. The molecule has 0 unspecified atom stereocenters. The number of amides is 1. The first-order chi connectivity index (χ1) is 13.1. The Morgan fingerprint density at radius 2 is 1.81 bits per heavy atom. The van der Waals surface area contributed by atoms with E-state index in [9.17, 15) is 9.59 Å². The van der Waals surface area contributed by atoms with Gasteiger partial charge in [0.2, 0.25) is 0 Å². The van der Waals surface area contributed by atoms with E-state index in [0.717, 1.165) is 28.4 Å². The largest absolute Gasteiger partial charge is 0.349 e. The Kier molecular flexibility index (Phi) is 4.77. The molecule has 1 atom stereocenters. The second kappa shape index (κ2) is 7.37. The van der Waals surface area contributed by atoms with E-state index in [4.69, 9.17) is 0 Å². The number of nitrogens with one attached hydrogen (secondary N) is 2. The lowest BCUT2D eigenvalue weighted by Gasteiger charge is -2.13. The molecule has 4 aromatic rings. The number of carbonyl (C=O) groups is 1. The third kappa shape index (κ3) is 3.64. The van der Waals surface area contributed by atoms with Crippen molar-refractivity contribution >= 4 is 38.2 Å². The first kappa shape index (κ1) is 17.5. The van der Waals surface area contributed by atoms with Gasteiger partial charge < -0.3 is 10.3 Å². The highest BCUT2D eigenvalue weighted by Crippen LogP contribution is 2.29. The Morgan fingerprint density at radius 3 is 2.63 bits per heavy atom. The second-order valence-corrected chi connectivity index (χ2v) is 7.80. The third-order valence-electron chi connectivity index (χ3n) is 4.71. The van der Waals surface area contributed by atoms with Crippen LogP contribution in [-0.2, 0) is 6.42 Å². The van der Waals surface area contributed by atoms with Crippen molar-refractivity contribution in [1.29, 1.82) is 0 Å². The standard InChI is InChI=1S/C22H20N2O2S/c1-14(11-12-15-7-3-2-4-8-15)23-22(26)19-13-17-20(27-19)16-9-5-6-10-18(16)24-21(17)25/h2-10,13-14H,11-12H2,1H3,(H,23,26)(H,24,25)/t14-/m0/s1. The van der Waals surface area contributed by atoms with Gasteiger partial charge in [0, 0.05) is 21.6 Å². The molecule has 0 spiro atoms. The summed E-state index contributed by atoms with van der Waals surface area (Å²) in [6.45, 7) is 2.01. The average Bonchev–Trinajstić information content (AvgIpc) is 3.14. The number of carbonyl (C=O) groups excluding carboxylic acids is 1. The molecule has 1 amide bonds. The van der Waals surface area contributed by atoms with Gasteiger partial charge in [0.05, 0.1) is 10.3 Å². The number of aromatic nitrogens is 1. The van der Waals surface area contributed by atoms with Crippen molar-refractivity contribution < 1.29 is 4.79 Å². The zero-order chi connectivity index (χ0) is 18.8. The van der Waals surface area contributed by atoms with Crippen LogP contribution < -0.4 is 10.9 Å². The molecule has 2 N–H and O–H groups in total. The van der Waals surface area contributed by atoms with Crippen LogP contribution >= 0.6 is 11.3 Å². The SMILES string of the molecule is C[C@@H](CCc1ccccc1)NC(=O)c1cc2c(=O)[nH]c3ccccc3c2s1. The molecule has 0 saturated carbocycles. The van der Waals surface area contributed by atoms with Gasteiger partial charge in [-0.25, -0.2) is 0 Å². The van der Waals surface area contributed by atoms with Crippen molar-refractivity contribution in [1.82, 2.24) is 10.3 Å². The number of benzene rings is 2. The van der Waals surface area contributed by atoms with Gasteiger partial charge >= 0.3 is 0 Å². The molecule has 0 radical (unpaired) electrons. The van der Waals surface area contributed by atoms with Crippen molar-refractivity contribution in [2.45, 2.75) is 25.8 Å². The van der Waals surface area contributed by atoms with Crippen LogP contribution in [0.2, 0.25) is 0 Å². The second-order valence-electron chi connectivity index (χ2n) is 6.75. The highest BCUT2D eigenvalue weighted by Gasteiger charge is 2.16. The summed E-state index contributed by atoms with van der Waals surface area (Å²) in [5, 5.41) is 4.59. The fraction of sp³-hybridized carbons (Fsp3) is 0.182. The zero-order valence-electron chi connectivity index (χ0n) is 15.0. The lowest BCUT2D eigenvalue weighted by Crippen LogP contribution is -2.32. The summed E-state index contributed by atoms with van der Waals surface area (Å²) in [6, 6.07) is 19.7. The van der Waals surface area contributed by atoms with Crippen LogP contribution in [-0.4, -0.2) is 16.9 Å². The summed E-state index contributed by atoms with van der Waals surface area (Å²) in [4.78, 5) is 28.5. The van der Waals surface area contributed by atoms with Crippen molar-refractivity contribution in [3.05, 3.63) is 81.5 Å². The monoisotopic (exact) mass is 376 g/mol. The first-order valence-electron chi connectivity index (χ1n) is 9.01. The molecule has 2 heterocycles. The van der Waals surface area contributed by atoms with Crippen LogP contribution in [0.3, 0.4) is 0 Å². The van der Waals surface area contributed by atoms with Crippen molar-refractivity contribution in [2.24, 2.45) is 0 Å². The molecule has 5 heteroatoms. The van der Waals surface area contributed by atoms with Crippen LogP contribution in [0.4, 0.5) is 0 Å². The predicted octanol–water partition coefficient (Wildman–Crippen LogP) is 4.49. The van der Waals surface area contributed by atoms with Gasteiger partial charge in [-0.15, -0.1) is 11.3 Å². The molecule has 0 aliphatic carbocycles. The molecular formula is C22H20N2O2S. The summed E-state index contributed by atoms with van der Waals surface area (Å²) >= 11 is 1.37. The van der Waals surface area contributed by atoms with E-state index < -0.39 is 0 Å². The van der Waals surface area contributed by atoms with Crippen LogP contribution in [0, 0.1) is 0 Å². The van der Waals surface area contributed by atoms with Crippen molar-refractivity contribution in [3.8, 4) is 0 Å². The number of rotatable bonds is 5. The Labute approximate surface area is 160 Å². The minimum Gasteiger partial charge on any atom is -0.349 e. The normalized spacial score (nSPS) is 12.3. The zero-order valence-corrected chi connectivity index (χ0v) is 15.8. The van der Waals surface area contributed by atoms with E-state index in [0.29, 0.717) is 10.3 Å². The maximum atomic E-state index is 12.7. The smallest absolute Gasteiger partial charge is 0.261 e. The molecule has 2 aromatic carbocycles. The fourth-order valence-corrected chi connectivity index (χ4v) is 4.34. The molecule has 0 aliphatic rings. The molecule has 0 fully saturated rings. The molecule has 4 rings (SSSR count). The van der Waals surface area contributed by atoms with Gasteiger partial charge in [0.1, 0.15) is 0 Å². The van der Waals surface area contributed by atoms with Crippen LogP contribution in [0.1, 0.15) is 28.6 Å². The molecule has 0 saturated heterocycles. The number of fused-ring (bicyclic) bond motifs is 3. The minimum absolute atomic E-state index is 0.0537. The number of para-hydroxylation sites is 1. The van der Waals surface area contributed by atoms with Crippen LogP contribution in [0.5, 0.6) is 0 Å². The van der Waals surface area contributed by atoms with E-state index >= 15 is 0 Å². The minimum atomic E-state index is -0.156. The highest BCUT2D eigenvalue weighted by atomic mass is 32.1. The van der Waals surface area contributed by atoms with Gasteiger partial charge in [-0.05, 0) is 37.5 Å². The number of thiophene rings is 1. The number of hydrogen-bond donors (Lipinski definition) is 2. The summed E-state index contributed by atoms with van der Waals surface area (Å²) in [5.74, 6) is -0.125. The topological polar surface area (TPSA) is 62.0 Å². The Hall–Kier alpha value is -2.92. The fourth-order valence-electron chi connectivity index (χ4n) is 3.25. The quantitative estimate of drug-likeness (QED) is 0.539. The van der Waals surface area contributed by atoms with Gasteiger partial charge in [0.15, 0.2) is 0 Å². The Bertz CT molecular complexity index is 1160. The number of pyridine rings is 1. The van der Waals surface area contributed by atoms with E-state index in [1.165, 1.54) is 16.9 Å². The summed E-state index contributed by atoms with van der Waals surface area (Å²) in [5.41, 5.74) is 1.90. The van der Waals surface area contributed by atoms with Crippen molar-refractivity contribution in [2.75, 3.05) is 0 Å². The van der Waals surface area contributed by atoms with E-state index in [-0.39, 0.29) is 17.5 Å². The Morgan fingerprint density at radius 1 is 1.07 bits per heavy atom. The van der Waals surface area contributed by atoms with Gasteiger partial charge in [0.25, 0.3) is 11.5 Å². The van der Waals surface area contributed by atoms with Gasteiger partial charge in [-0.2, -0.15) is 0 Å². The molecule has 0 bridgehead atoms. The van der Waals surface area contributed by atoms with Gasteiger partial charge in [-0.3, -0.25) is 9.59 Å². The van der Waals surface area contributed by atoms with Crippen LogP contribution in [0.25, 0.3) is 21.0 Å². The predicted molar refractivity (Wildman–Crippen MR) is 112 cm³/mol. The molecule has 0 aliphatic heterocycles. The Balaban J connectivity index is 1.53. The highest BCUT2D eigenvalue weighted by molar-refractivity contribution is 7.21. The van der Waals surface area contributed by atoms with E-state index in [1.54, 1.807) is 6.07 Å². The lowest BCUT2D eigenvalue weighted by atomic mass is 10.1. The molecule has 4 nitrogen and oxygen atoms in total. The average molecular weight is 376 g/mol. The lowest BCUT2D eigenvalue weighted by molar-refractivity contribution is 0.0942. The number of aryl methyl sites for hydroxylation is 1. The molecule has 27 heavy (non-hydrogen) atoms. The summed E-state index contributed by atoms with van der Waals surface area (Å²) in [7, 11) is 0. The number of hydrogen-bond acceptors (Lipinski definition) is 3. The van der Waals surface area contributed by atoms with Crippen molar-refractivity contribution in [3.63, 3.8) is 0 Å². The molecule has 2 aromatic heterocycles. The van der Waals surface area contributed by atoms with Gasteiger partial charge in [-0.1, -0.05) is 48.5 Å². The number of H-pyrrole nitrogens is 1. The maximum Gasteiger partial charge on any atom is 0.261 e. The molecular weight excluding hydrogens is 356 g/mol. The molecule has 136 valence electrons. The summed E-state index contributed by atoms with van der Waals surface area (Å²) < 4.78 is 0.858. The summed E-state index contributed by atoms with van der Waals surface area (Å²) in [6.07, 6.45) is 1.78. The van der Waals surface area contributed by atoms with Crippen LogP contribution in [0.15, 0.2) is 65.5 Å². The third-order valence-corrected chi connectivity index (χ3v) is 5.87. The van der Waals surface area contributed by atoms with E-state index in [1.807, 2.05) is 49.4 Å². The van der Waals surface area contributed by atoms with E-state index in [2.05, 4.69) is 22.4 Å². The first-order valence-corrected chi connectivity index (χ1v) is 9.83. The number of aromatic amines is 1.